The molecule has 10 rings (SSSR count). The second kappa shape index (κ2) is 11.8. The van der Waals surface area contributed by atoms with Crippen molar-refractivity contribution in [3.05, 3.63) is 222 Å². The number of hydrogen-bond acceptors (Lipinski definition) is 2. The van der Waals surface area contributed by atoms with E-state index in [0.717, 1.165) is 28.2 Å². The molecule has 0 saturated heterocycles. The largest absolute Gasteiger partial charge is 0.456 e. The third kappa shape index (κ3) is 4.57. The van der Waals surface area contributed by atoms with Crippen LogP contribution in [0.2, 0.25) is 0 Å². The predicted molar refractivity (Wildman–Crippen MR) is 211 cm³/mol. The van der Waals surface area contributed by atoms with E-state index in [1.54, 1.807) is 0 Å². The Morgan fingerprint density at radius 1 is 0.314 bits per heavy atom. The van der Waals surface area contributed by atoms with Crippen molar-refractivity contribution in [3.8, 4) is 22.3 Å². The van der Waals surface area contributed by atoms with Crippen LogP contribution in [0.4, 0.5) is 17.1 Å². The predicted octanol–water partition coefficient (Wildman–Crippen LogP) is 13.1. The lowest BCUT2D eigenvalue weighted by molar-refractivity contribution is 0.663. The summed E-state index contributed by atoms with van der Waals surface area (Å²) in [5.41, 5.74) is 14.5. The molecule has 2 heteroatoms. The van der Waals surface area contributed by atoms with Gasteiger partial charge in [0.05, 0.1) is 5.41 Å². The van der Waals surface area contributed by atoms with Gasteiger partial charge in [0.1, 0.15) is 11.2 Å². The highest BCUT2D eigenvalue weighted by Crippen LogP contribution is 2.56. The summed E-state index contributed by atoms with van der Waals surface area (Å²) in [6.45, 7) is 0. The Balaban J connectivity index is 1.12. The molecule has 0 atom stereocenters. The Morgan fingerprint density at radius 2 is 0.686 bits per heavy atom. The number of nitrogens with zero attached hydrogens (tertiary/aromatic N) is 1. The Kier molecular flexibility index (Phi) is 6.75. The van der Waals surface area contributed by atoms with Crippen LogP contribution < -0.4 is 4.90 Å². The highest BCUT2D eigenvalue weighted by Gasteiger charge is 2.46. The van der Waals surface area contributed by atoms with Crippen molar-refractivity contribution in [2.45, 2.75) is 5.41 Å². The number of hydrogen-bond donors (Lipinski definition) is 0. The highest BCUT2D eigenvalue weighted by atomic mass is 16.3. The first kappa shape index (κ1) is 29.3. The van der Waals surface area contributed by atoms with E-state index >= 15 is 0 Å². The summed E-state index contributed by atoms with van der Waals surface area (Å²) in [4.78, 5) is 2.35. The smallest absolute Gasteiger partial charge is 0.135 e. The van der Waals surface area contributed by atoms with Gasteiger partial charge in [-0.25, -0.2) is 0 Å². The van der Waals surface area contributed by atoms with Crippen LogP contribution in [-0.4, -0.2) is 0 Å². The van der Waals surface area contributed by atoms with Gasteiger partial charge < -0.3 is 9.32 Å². The van der Waals surface area contributed by atoms with Gasteiger partial charge in [-0.1, -0.05) is 152 Å². The standard InChI is InChI=1S/C49H33NO/c1-4-12-34(13-5-1)36-22-28-40(29-23-36)50(41-30-24-37(25-31-41)35-14-6-2-7-15-35)42-32-26-39(27-33-42)49(38-16-8-3-9-17-38)43-18-10-20-45-47(43)48-44(49)19-11-21-46(48)51-45/h1-33H. The lowest BCUT2D eigenvalue weighted by Crippen LogP contribution is -2.29. The molecule has 9 aromatic rings. The van der Waals surface area contributed by atoms with Gasteiger partial charge in [-0.2, -0.15) is 0 Å². The molecule has 0 fully saturated rings. The van der Waals surface area contributed by atoms with Crippen molar-refractivity contribution in [2.75, 3.05) is 4.90 Å². The van der Waals surface area contributed by atoms with Crippen LogP contribution in [0.15, 0.2) is 205 Å². The topological polar surface area (TPSA) is 16.4 Å². The molecular weight excluding hydrogens is 619 g/mol. The van der Waals surface area contributed by atoms with Crippen molar-refractivity contribution in [1.29, 1.82) is 0 Å². The second-order valence-electron chi connectivity index (χ2n) is 13.3. The molecule has 240 valence electrons. The number of anilines is 3. The Morgan fingerprint density at radius 3 is 1.14 bits per heavy atom. The lowest BCUT2D eigenvalue weighted by atomic mass is 9.67. The van der Waals surface area contributed by atoms with E-state index in [9.17, 15) is 0 Å². The molecule has 1 heterocycles. The molecule has 1 aliphatic carbocycles. The van der Waals surface area contributed by atoms with E-state index in [4.69, 9.17) is 4.42 Å². The summed E-state index contributed by atoms with van der Waals surface area (Å²) in [6.07, 6.45) is 0. The minimum Gasteiger partial charge on any atom is -0.456 e. The molecule has 0 aliphatic heterocycles. The average molecular weight is 652 g/mol. The van der Waals surface area contributed by atoms with Crippen LogP contribution >= 0.6 is 0 Å². The molecule has 0 unspecified atom stereocenters. The first-order valence-electron chi connectivity index (χ1n) is 17.5. The molecular formula is C49H33NO. The van der Waals surface area contributed by atoms with Gasteiger partial charge in [-0.05, 0) is 93.0 Å². The highest BCUT2D eigenvalue weighted by molar-refractivity contribution is 6.14. The van der Waals surface area contributed by atoms with Crippen LogP contribution in [0.5, 0.6) is 0 Å². The minimum absolute atomic E-state index is 0.472. The van der Waals surface area contributed by atoms with Crippen LogP contribution in [0.25, 0.3) is 44.2 Å². The average Bonchev–Trinajstić information content (AvgIpc) is 3.75. The summed E-state index contributed by atoms with van der Waals surface area (Å²) >= 11 is 0. The van der Waals surface area contributed by atoms with Crippen molar-refractivity contribution in [3.63, 3.8) is 0 Å². The van der Waals surface area contributed by atoms with Crippen molar-refractivity contribution >= 4 is 39.0 Å². The summed E-state index contributed by atoms with van der Waals surface area (Å²) in [7, 11) is 0. The Labute approximate surface area is 297 Å². The summed E-state index contributed by atoms with van der Waals surface area (Å²) in [5, 5.41) is 2.43. The molecule has 0 spiro atoms. The van der Waals surface area contributed by atoms with E-state index < -0.39 is 5.41 Å². The fraction of sp³-hybridized carbons (Fsp3) is 0.0204. The fourth-order valence-electron chi connectivity index (χ4n) is 8.29. The molecule has 0 bridgehead atoms. The maximum absolute atomic E-state index is 6.35. The second-order valence-corrected chi connectivity index (χ2v) is 13.3. The van der Waals surface area contributed by atoms with Crippen molar-refractivity contribution in [2.24, 2.45) is 0 Å². The molecule has 0 amide bonds. The molecule has 1 aromatic heterocycles. The number of furan rings is 1. The van der Waals surface area contributed by atoms with Gasteiger partial charge in [0, 0.05) is 27.8 Å². The molecule has 51 heavy (non-hydrogen) atoms. The number of benzene rings is 8. The van der Waals surface area contributed by atoms with E-state index in [1.807, 2.05) is 0 Å². The maximum Gasteiger partial charge on any atom is 0.135 e. The lowest BCUT2D eigenvalue weighted by Gasteiger charge is -2.35. The van der Waals surface area contributed by atoms with Crippen LogP contribution in [0.1, 0.15) is 22.3 Å². The quantitative estimate of drug-likeness (QED) is 0.170. The molecule has 2 nitrogen and oxygen atoms in total. The summed E-state index contributed by atoms with van der Waals surface area (Å²) < 4.78 is 6.35. The third-order valence-electron chi connectivity index (χ3n) is 10.6. The van der Waals surface area contributed by atoms with E-state index in [-0.39, 0.29) is 0 Å². The first-order valence-corrected chi connectivity index (χ1v) is 17.5. The minimum atomic E-state index is -0.472. The molecule has 0 saturated carbocycles. The van der Waals surface area contributed by atoms with Gasteiger partial charge in [-0.3, -0.25) is 0 Å². The van der Waals surface area contributed by atoms with E-state index in [0.29, 0.717) is 0 Å². The summed E-state index contributed by atoms with van der Waals surface area (Å²) in [6, 6.07) is 72.1. The van der Waals surface area contributed by atoms with Gasteiger partial charge >= 0.3 is 0 Å². The summed E-state index contributed by atoms with van der Waals surface area (Å²) in [5.74, 6) is 0. The van der Waals surface area contributed by atoms with Gasteiger partial charge in [0.2, 0.25) is 0 Å². The van der Waals surface area contributed by atoms with E-state index in [2.05, 4.69) is 205 Å². The van der Waals surface area contributed by atoms with Gasteiger partial charge in [0.15, 0.2) is 0 Å². The molecule has 8 aromatic carbocycles. The monoisotopic (exact) mass is 651 g/mol. The van der Waals surface area contributed by atoms with E-state index in [1.165, 1.54) is 55.3 Å². The van der Waals surface area contributed by atoms with Crippen molar-refractivity contribution < 1.29 is 4.42 Å². The molecule has 1 aliphatic rings. The van der Waals surface area contributed by atoms with Crippen LogP contribution in [0.3, 0.4) is 0 Å². The SMILES string of the molecule is c1ccc(-c2ccc(N(c3ccc(-c4ccccc4)cc3)c3ccc(C4(c5ccccc5)c5cccc6oc7cccc4c7c56)cc3)cc2)cc1. The van der Waals surface area contributed by atoms with Crippen LogP contribution in [-0.2, 0) is 5.41 Å². The Bertz CT molecular complexity index is 2500. The third-order valence-corrected chi connectivity index (χ3v) is 10.6. The van der Waals surface area contributed by atoms with Crippen LogP contribution in [0, 0.1) is 0 Å². The molecule has 0 radical (unpaired) electrons. The van der Waals surface area contributed by atoms with Gasteiger partial charge in [-0.15, -0.1) is 0 Å². The zero-order valence-electron chi connectivity index (χ0n) is 27.9. The normalized spacial score (nSPS) is 12.9. The first-order chi connectivity index (χ1) is 25.3. The van der Waals surface area contributed by atoms with Gasteiger partial charge in [0.25, 0.3) is 0 Å². The molecule has 0 N–H and O–H groups in total. The number of rotatable bonds is 7. The fourth-order valence-corrected chi connectivity index (χ4v) is 8.29. The van der Waals surface area contributed by atoms with Crippen molar-refractivity contribution in [1.82, 2.24) is 0 Å². The maximum atomic E-state index is 6.35. The zero-order chi connectivity index (χ0) is 33.8. The zero-order valence-corrected chi connectivity index (χ0v) is 27.9. The Hall–Kier alpha value is -6.64.